The van der Waals surface area contributed by atoms with Gasteiger partial charge in [0.2, 0.25) is 0 Å². The van der Waals surface area contributed by atoms with Crippen LogP contribution in [0.1, 0.15) is 20.5 Å². The molecule has 6 heteroatoms. The predicted molar refractivity (Wildman–Crippen MR) is 85.6 cm³/mol. The zero-order chi connectivity index (χ0) is 14.7. The van der Waals surface area contributed by atoms with E-state index < -0.39 is 0 Å². The second-order valence-electron chi connectivity index (χ2n) is 4.42. The van der Waals surface area contributed by atoms with Crippen LogP contribution in [0.25, 0.3) is 11.3 Å². The second kappa shape index (κ2) is 6.26. The molecule has 0 unspecified atom stereocenters. The molecular weight excluding hydrogens is 302 g/mol. The van der Waals surface area contributed by atoms with Gasteiger partial charge in [-0.2, -0.15) is 0 Å². The molecule has 4 nitrogen and oxygen atoms in total. The summed E-state index contributed by atoms with van der Waals surface area (Å²) < 4.78 is 0. The molecule has 0 aliphatic heterocycles. The van der Waals surface area contributed by atoms with Crippen molar-refractivity contribution in [2.45, 2.75) is 13.0 Å². The number of hydrogen-bond donors (Lipinski definition) is 1. The molecule has 0 saturated heterocycles. The minimum Gasteiger partial charge on any atom is -0.325 e. The van der Waals surface area contributed by atoms with E-state index in [1.165, 1.54) is 22.7 Å². The Morgan fingerprint density at radius 3 is 2.52 bits per heavy atom. The molecular formula is C15H13N3OS2. The molecule has 2 heterocycles. The summed E-state index contributed by atoms with van der Waals surface area (Å²) in [5, 5.41) is 5.32. The minimum atomic E-state index is -0.0140. The van der Waals surface area contributed by atoms with Crippen LogP contribution in [0, 0.1) is 0 Å². The third-order valence-electron chi connectivity index (χ3n) is 2.95. The lowest BCUT2D eigenvalue weighted by Gasteiger charge is -1.95. The summed E-state index contributed by atoms with van der Waals surface area (Å²) in [5.41, 5.74) is 7.96. The Morgan fingerprint density at radius 2 is 1.81 bits per heavy atom. The fourth-order valence-corrected chi connectivity index (χ4v) is 3.38. The maximum Gasteiger partial charge on any atom is 0.188 e. The van der Waals surface area contributed by atoms with Crippen molar-refractivity contribution in [1.82, 2.24) is 9.97 Å². The Labute approximate surface area is 130 Å². The monoisotopic (exact) mass is 315 g/mol. The average molecular weight is 315 g/mol. The zero-order valence-electron chi connectivity index (χ0n) is 11.2. The van der Waals surface area contributed by atoms with Crippen LogP contribution in [0.5, 0.6) is 0 Å². The van der Waals surface area contributed by atoms with Crippen molar-refractivity contribution >= 4 is 28.5 Å². The number of thiazole rings is 2. The molecule has 0 bridgehead atoms. The van der Waals surface area contributed by atoms with Gasteiger partial charge in [-0.05, 0) is 0 Å². The number of ketones is 1. The Hall–Kier alpha value is -1.89. The van der Waals surface area contributed by atoms with Gasteiger partial charge in [-0.15, -0.1) is 22.7 Å². The standard InChI is InChI=1S/C15H13N3OS2/c16-7-15-18-12(9-21-15)13(19)6-14-17-11(8-20-14)10-4-2-1-3-5-10/h1-5,8-9H,6-7,16H2. The molecule has 0 amide bonds. The number of carbonyl (C=O) groups is 1. The van der Waals surface area contributed by atoms with Gasteiger partial charge in [0.1, 0.15) is 15.7 Å². The summed E-state index contributed by atoms with van der Waals surface area (Å²) in [6.07, 6.45) is 0.283. The van der Waals surface area contributed by atoms with Crippen molar-refractivity contribution in [3.05, 3.63) is 56.8 Å². The van der Waals surface area contributed by atoms with Crippen molar-refractivity contribution in [3.8, 4) is 11.3 Å². The van der Waals surface area contributed by atoms with E-state index in [9.17, 15) is 4.79 Å². The summed E-state index contributed by atoms with van der Waals surface area (Å²) >= 11 is 2.92. The number of Topliss-reactive ketones (excluding diaryl/α,β-unsaturated/α-hetero) is 1. The highest BCUT2D eigenvalue weighted by Crippen LogP contribution is 2.22. The highest BCUT2D eigenvalue weighted by molar-refractivity contribution is 7.10. The van der Waals surface area contributed by atoms with Crippen LogP contribution < -0.4 is 5.73 Å². The first-order valence-electron chi connectivity index (χ1n) is 6.44. The van der Waals surface area contributed by atoms with Crippen LogP contribution in [0.15, 0.2) is 41.1 Å². The number of nitrogens with zero attached hydrogens (tertiary/aromatic N) is 2. The first kappa shape index (κ1) is 14.1. The lowest BCUT2D eigenvalue weighted by Crippen LogP contribution is -2.05. The first-order chi connectivity index (χ1) is 10.3. The number of carbonyl (C=O) groups excluding carboxylic acids is 1. The normalized spacial score (nSPS) is 10.7. The maximum atomic E-state index is 12.2. The van der Waals surface area contributed by atoms with E-state index in [4.69, 9.17) is 5.73 Å². The molecule has 3 rings (SSSR count). The van der Waals surface area contributed by atoms with Crippen LogP contribution in [-0.2, 0) is 13.0 Å². The van der Waals surface area contributed by atoms with Gasteiger partial charge < -0.3 is 5.73 Å². The van der Waals surface area contributed by atoms with E-state index in [-0.39, 0.29) is 12.2 Å². The lowest BCUT2D eigenvalue weighted by molar-refractivity contribution is 0.0988. The van der Waals surface area contributed by atoms with Crippen molar-refractivity contribution in [2.24, 2.45) is 5.73 Å². The zero-order valence-corrected chi connectivity index (χ0v) is 12.8. The van der Waals surface area contributed by atoms with E-state index in [2.05, 4.69) is 9.97 Å². The fourth-order valence-electron chi connectivity index (χ4n) is 1.89. The summed E-state index contributed by atoms with van der Waals surface area (Å²) in [6.45, 7) is 0.368. The third kappa shape index (κ3) is 3.24. The van der Waals surface area contributed by atoms with Gasteiger partial charge in [0.05, 0.1) is 12.1 Å². The Morgan fingerprint density at radius 1 is 1.05 bits per heavy atom. The average Bonchev–Trinajstić information content (AvgIpc) is 3.17. The molecule has 0 atom stereocenters. The highest BCUT2D eigenvalue weighted by atomic mass is 32.1. The largest absolute Gasteiger partial charge is 0.325 e. The van der Waals surface area contributed by atoms with Crippen LogP contribution in [0.2, 0.25) is 0 Å². The molecule has 0 radical (unpaired) electrons. The van der Waals surface area contributed by atoms with Gasteiger partial charge in [0.25, 0.3) is 0 Å². The number of aromatic nitrogens is 2. The van der Waals surface area contributed by atoms with Crippen molar-refractivity contribution in [1.29, 1.82) is 0 Å². The van der Waals surface area contributed by atoms with E-state index >= 15 is 0 Å². The number of hydrogen-bond acceptors (Lipinski definition) is 6. The van der Waals surface area contributed by atoms with Crippen molar-refractivity contribution in [2.75, 3.05) is 0 Å². The van der Waals surface area contributed by atoms with Crippen LogP contribution in [-0.4, -0.2) is 15.8 Å². The molecule has 2 aromatic heterocycles. The van der Waals surface area contributed by atoms with E-state index in [0.29, 0.717) is 12.2 Å². The molecule has 1 aromatic carbocycles. The SMILES string of the molecule is NCc1nc(C(=O)Cc2nc(-c3ccccc3)cs2)cs1. The molecule has 106 valence electrons. The van der Waals surface area contributed by atoms with Gasteiger partial charge in [0, 0.05) is 22.9 Å². The first-order valence-corrected chi connectivity index (χ1v) is 8.19. The van der Waals surface area contributed by atoms with Crippen LogP contribution in [0.4, 0.5) is 0 Å². The van der Waals surface area contributed by atoms with Gasteiger partial charge in [-0.3, -0.25) is 4.79 Å². The molecule has 0 fully saturated rings. The van der Waals surface area contributed by atoms with Crippen molar-refractivity contribution in [3.63, 3.8) is 0 Å². The topological polar surface area (TPSA) is 68.9 Å². The van der Waals surface area contributed by atoms with Gasteiger partial charge in [-0.1, -0.05) is 30.3 Å². The minimum absolute atomic E-state index is 0.0140. The van der Waals surface area contributed by atoms with E-state index in [0.717, 1.165) is 21.3 Å². The summed E-state index contributed by atoms with van der Waals surface area (Å²) in [5.74, 6) is -0.0140. The highest BCUT2D eigenvalue weighted by Gasteiger charge is 2.14. The van der Waals surface area contributed by atoms with Crippen molar-refractivity contribution < 1.29 is 4.79 Å². The van der Waals surface area contributed by atoms with Gasteiger partial charge >= 0.3 is 0 Å². The Balaban J connectivity index is 1.74. The second-order valence-corrected chi connectivity index (χ2v) is 6.31. The quantitative estimate of drug-likeness (QED) is 0.734. The fraction of sp³-hybridized carbons (Fsp3) is 0.133. The molecule has 2 N–H and O–H groups in total. The molecule has 3 aromatic rings. The van der Waals surface area contributed by atoms with Crippen LogP contribution in [0.3, 0.4) is 0 Å². The Bertz CT molecular complexity index is 749. The molecule has 0 spiro atoms. The number of benzene rings is 1. The predicted octanol–water partition coefficient (Wildman–Crippen LogP) is 3.15. The van der Waals surface area contributed by atoms with Gasteiger partial charge in [0.15, 0.2) is 5.78 Å². The van der Waals surface area contributed by atoms with E-state index in [1.54, 1.807) is 5.38 Å². The van der Waals surface area contributed by atoms with E-state index in [1.807, 2.05) is 35.7 Å². The number of rotatable bonds is 5. The molecule has 0 saturated carbocycles. The molecule has 0 aliphatic rings. The summed E-state index contributed by atoms with van der Waals surface area (Å²) in [4.78, 5) is 20.9. The smallest absolute Gasteiger partial charge is 0.188 e. The lowest BCUT2D eigenvalue weighted by atomic mass is 10.2. The molecule has 21 heavy (non-hydrogen) atoms. The maximum absolute atomic E-state index is 12.2. The summed E-state index contributed by atoms with van der Waals surface area (Å²) in [7, 11) is 0. The summed E-state index contributed by atoms with van der Waals surface area (Å²) in [6, 6.07) is 9.94. The number of nitrogens with two attached hydrogens (primary N) is 1. The Kier molecular flexibility index (Phi) is 4.19. The van der Waals surface area contributed by atoms with Gasteiger partial charge in [-0.25, -0.2) is 9.97 Å². The third-order valence-corrected chi connectivity index (χ3v) is 4.67. The van der Waals surface area contributed by atoms with Crippen LogP contribution >= 0.6 is 22.7 Å². The molecule has 0 aliphatic carbocycles.